The predicted octanol–water partition coefficient (Wildman–Crippen LogP) is 3.11. The second-order valence-electron chi connectivity index (χ2n) is 9.87. The monoisotopic (exact) mass is 405 g/mol. The first-order valence-corrected chi connectivity index (χ1v) is 11.0. The number of H-pyrrole nitrogens is 1. The van der Waals surface area contributed by atoms with E-state index in [0.29, 0.717) is 17.4 Å². The number of nitrogens with zero attached hydrogens (tertiary/aromatic N) is 5. The fraction of sp³-hybridized carbons (Fsp3) is 0.591. The van der Waals surface area contributed by atoms with Crippen LogP contribution < -0.4 is 5.32 Å². The van der Waals surface area contributed by atoms with Crippen molar-refractivity contribution in [3.05, 3.63) is 35.0 Å². The number of aryl methyl sites for hydroxylation is 2. The maximum absolute atomic E-state index is 12.6. The lowest BCUT2D eigenvalue weighted by Crippen LogP contribution is -2.48. The Bertz CT molecular complexity index is 1110. The van der Waals surface area contributed by atoms with Gasteiger partial charge in [-0.25, -0.2) is 9.50 Å². The molecule has 4 aliphatic rings. The van der Waals surface area contributed by atoms with E-state index in [1.54, 1.807) is 4.52 Å². The molecule has 1 amide bonds. The number of fused-ring (bicyclic) bond motifs is 1. The molecule has 3 heterocycles. The summed E-state index contributed by atoms with van der Waals surface area (Å²) in [6, 6.07) is 4.00. The summed E-state index contributed by atoms with van der Waals surface area (Å²) in [6.07, 6.45) is 8.15. The number of carbonyl (C=O) groups excluding carboxylic acids is 1. The molecular weight excluding hydrogens is 378 g/mol. The average molecular weight is 406 g/mol. The second-order valence-corrected chi connectivity index (χ2v) is 9.87. The maximum atomic E-state index is 12.6. The Hall–Kier alpha value is -2.77. The van der Waals surface area contributed by atoms with Crippen LogP contribution in [0.3, 0.4) is 0 Å². The minimum atomic E-state index is -0.163. The normalized spacial score (nSPS) is 29.6. The molecule has 3 aromatic heterocycles. The lowest BCUT2D eigenvalue weighted by atomic mass is 9.49. The number of amides is 1. The van der Waals surface area contributed by atoms with Crippen molar-refractivity contribution in [3.8, 4) is 0 Å². The van der Waals surface area contributed by atoms with Crippen molar-refractivity contribution in [2.24, 2.45) is 17.8 Å². The highest BCUT2D eigenvalue weighted by Gasteiger charge is 2.52. The molecule has 0 radical (unpaired) electrons. The van der Waals surface area contributed by atoms with Crippen molar-refractivity contribution in [3.63, 3.8) is 0 Å². The molecule has 8 heteroatoms. The van der Waals surface area contributed by atoms with Gasteiger partial charge in [0, 0.05) is 28.6 Å². The minimum Gasteiger partial charge on any atom is -0.309 e. The predicted molar refractivity (Wildman–Crippen MR) is 111 cm³/mol. The first-order chi connectivity index (χ1) is 14.5. The van der Waals surface area contributed by atoms with Gasteiger partial charge in [0.1, 0.15) is 0 Å². The van der Waals surface area contributed by atoms with E-state index >= 15 is 0 Å². The van der Waals surface area contributed by atoms with Crippen LogP contribution in [0.4, 0.5) is 5.82 Å². The van der Waals surface area contributed by atoms with Crippen LogP contribution in [0.1, 0.15) is 61.4 Å². The SMILES string of the molecule is Cc1cc(C)n2nc(CC(=O)Nc3cc(C45CC6CC(CC(C6)C4)C5)[nH]n3)nc2n1. The van der Waals surface area contributed by atoms with Gasteiger partial charge in [0.25, 0.3) is 5.78 Å². The van der Waals surface area contributed by atoms with Crippen LogP contribution >= 0.6 is 0 Å². The standard InChI is InChI=1S/C22H27N7O/c1-12-3-13(2)29-21(23-12)25-19(28-29)8-20(30)24-18-7-17(26-27-18)22-9-14-4-15(10-22)6-16(5-14)11-22/h3,7,14-16H,4-6,8-11H2,1-2H3,(H2,24,26,27,30). The van der Waals surface area contributed by atoms with Crippen molar-refractivity contribution in [1.29, 1.82) is 0 Å². The third kappa shape index (κ3) is 2.92. The van der Waals surface area contributed by atoms with E-state index < -0.39 is 0 Å². The summed E-state index contributed by atoms with van der Waals surface area (Å²) in [6.45, 7) is 3.88. The molecule has 4 aliphatic carbocycles. The van der Waals surface area contributed by atoms with Crippen molar-refractivity contribution in [1.82, 2.24) is 29.8 Å². The van der Waals surface area contributed by atoms with Crippen molar-refractivity contribution in [2.45, 2.75) is 64.2 Å². The summed E-state index contributed by atoms with van der Waals surface area (Å²) < 4.78 is 1.68. The molecule has 3 aromatic rings. The molecule has 0 unspecified atom stereocenters. The van der Waals surface area contributed by atoms with Gasteiger partial charge < -0.3 is 5.32 Å². The Labute approximate surface area is 174 Å². The molecule has 0 aliphatic heterocycles. The summed E-state index contributed by atoms with van der Waals surface area (Å²) in [7, 11) is 0. The number of nitrogens with one attached hydrogen (secondary N) is 2. The molecular formula is C22H27N7O. The molecule has 4 fully saturated rings. The summed E-state index contributed by atoms with van der Waals surface area (Å²) in [5.41, 5.74) is 3.29. The Morgan fingerprint density at radius 2 is 1.83 bits per heavy atom. The van der Waals surface area contributed by atoms with E-state index in [-0.39, 0.29) is 17.7 Å². The van der Waals surface area contributed by atoms with E-state index in [1.807, 2.05) is 19.9 Å². The average Bonchev–Trinajstić information content (AvgIpc) is 3.28. The van der Waals surface area contributed by atoms with Crippen molar-refractivity contribution >= 4 is 17.5 Å². The number of aromatic amines is 1. The number of aromatic nitrogens is 6. The Kier molecular flexibility index (Phi) is 3.82. The van der Waals surface area contributed by atoms with E-state index in [9.17, 15) is 4.79 Å². The van der Waals surface area contributed by atoms with Crippen LogP contribution in [0.25, 0.3) is 5.78 Å². The number of carbonyl (C=O) groups is 1. The third-order valence-electron chi connectivity index (χ3n) is 7.44. The van der Waals surface area contributed by atoms with E-state index in [4.69, 9.17) is 0 Å². The molecule has 156 valence electrons. The van der Waals surface area contributed by atoms with Gasteiger partial charge in [-0.3, -0.25) is 9.89 Å². The molecule has 4 bridgehead atoms. The molecule has 2 N–H and O–H groups in total. The second kappa shape index (κ2) is 6.36. The van der Waals surface area contributed by atoms with E-state index in [1.165, 1.54) is 44.2 Å². The van der Waals surface area contributed by atoms with Crippen LogP contribution in [0.2, 0.25) is 0 Å². The lowest BCUT2D eigenvalue weighted by molar-refractivity contribution is -0.115. The van der Waals surface area contributed by atoms with Crippen molar-refractivity contribution in [2.75, 3.05) is 5.32 Å². The van der Waals surface area contributed by atoms with Gasteiger partial charge in [-0.2, -0.15) is 10.1 Å². The van der Waals surface area contributed by atoms with Crippen LogP contribution in [0, 0.1) is 31.6 Å². The number of hydrogen-bond acceptors (Lipinski definition) is 5. The fourth-order valence-corrected chi connectivity index (χ4v) is 6.71. The molecule has 8 nitrogen and oxygen atoms in total. The maximum Gasteiger partial charge on any atom is 0.252 e. The molecule has 0 atom stereocenters. The lowest BCUT2D eigenvalue weighted by Gasteiger charge is -2.56. The highest BCUT2D eigenvalue weighted by molar-refractivity contribution is 5.91. The number of hydrogen-bond donors (Lipinski definition) is 2. The van der Waals surface area contributed by atoms with Gasteiger partial charge in [-0.05, 0) is 76.2 Å². The zero-order valence-corrected chi connectivity index (χ0v) is 17.5. The number of anilines is 1. The zero-order valence-electron chi connectivity index (χ0n) is 17.5. The zero-order chi connectivity index (χ0) is 20.5. The van der Waals surface area contributed by atoms with E-state index in [2.05, 4.69) is 36.6 Å². The van der Waals surface area contributed by atoms with Gasteiger partial charge in [0.2, 0.25) is 5.91 Å². The number of rotatable bonds is 4. The summed E-state index contributed by atoms with van der Waals surface area (Å²) >= 11 is 0. The summed E-state index contributed by atoms with van der Waals surface area (Å²) in [4.78, 5) is 21.4. The summed E-state index contributed by atoms with van der Waals surface area (Å²) in [5.74, 6) is 4.05. The third-order valence-corrected chi connectivity index (χ3v) is 7.44. The van der Waals surface area contributed by atoms with Gasteiger partial charge in [-0.1, -0.05) is 0 Å². The van der Waals surface area contributed by atoms with Gasteiger partial charge in [-0.15, -0.1) is 5.10 Å². The van der Waals surface area contributed by atoms with Gasteiger partial charge in [0.15, 0.2) is 11.6 Å². The largest absolute Gasteiger partial charge is 0.309 e. The molecule has 0 aromatic carbocycles. The van der Waals surface area contributed by atoms with Crippen LogP contribution in [0.15, 0.2) is 12.1 Å². The fourth-order valence-electron chi connectivity index (χ4n) is 6.71. The topological polar surface area (TPSA) is 101 Å². The minimum absolute atomic E-state index is 0.0986. The molecule has 0 spiro atoms. The van der Waals surface area contributed by atoms with Crippen LogP contribution in [-0.2, 0) is 16.6 Å². The Balaban J connectivity index is 1.17. The Morgan fingerprint density at radius 1 is 1.13 bits per heavy atom. The summed E-state index contributed by atoms with van der Waals surface area (Å²) in [5, 5.41) is 15.0. The van der Waals surface area contributed by atoms with Gasteiger partial charge in [0.05, 0.1) is 6.42 Å². The quantitative estimate of drug-likeness (QED) is 0.695. The molecule has 7 rings (SSSR count). The highest BCUT2D eigenvalue weighted by Crippen LogP contribution is 2.60. The first kappa shape index (κ1) is 18.0. The first-order valence-electron chi connectivity index (χ1n) is 11.0. The van der Waals surface area contributed by atoms with Crippen LogP contribution in [0.5, 0.6) is 0 Å². The smallest absolute Gasteiger partial charge is 0.252 e. The van der Waals surface area contributed by atoms with Gasteiger partial charge >= 0.3 is 0 Å². The Morgan fingerprint density at radius 3 is 2.53 bits per heavy atom. The molecule has 4 saturated carbocycles. The van der Waals surface area contributed by atoms with Crippen molar-refractivity contribution < 1.29 is 4.79 Å². The van der Waals surface area contributed by atoms with Crippen LogP contribution in [-0.4, -0.2) is 35.7 Å². The molecule has 0 saturated heterocycles. The van der Waals surface area contributed by atoms with E-state index in [0.717, 1.165) is 29.1 Å². The molecule has 30 heavy (non-hydrogen) atoms. The highest BCUT2D eigenvalue weighted by atomic mass is 16.1.